The maximum absolute atomic E-state index is 5.76. The lowest BCUT2D eigenvalue weighted by molar-refractivity contribution is 0.114. The molecule has 0 amide bonds. The Balaban J connectivity index is 1.70. The summed E-state index contributed by atoms with van der Waals surface area (Å²) < 4.78 is 3.56. The number of benzene rings is 1. The molecule has 0 saturated heterocycles. The first-order chi connectivity index (χ1) is 13.8. The second kappa shape index (κ2) is 8.55. The van der Waals surface area contributed by atoms with Crippen LogP contribution in [-0.2, 0) is 4.84 Å². The third-order valence-electron chi connectivity index (χ3n) is 5.10. The number of thiophene rings is 1. The van der Waals surface area contributed by atoms with Gasteiger partial charge in [0.1, 0.15) is 12.3 Å². The van der Waals surface area contributed by atoms with E-state index in [0.717, 1.165) is 31.0 Å². The summed E-state index contributed by atoms with van der Waals surface area (Å²) in [5.74, 6) is 0. The number of aromatic nitrogens is 1. The zero-order valence-corrected chi connectivity index (χ0v) is 18.1. The van der Waals surface area contributed by atoms with E-state index < -0.39 is 0 Å². The quantitative estimate of drug-likeness (QED) is 0.222. The maximum Gasteiger partial charge on any atom is 0.146 e. The van der Waals surface area contributed by atoms with E-state index in [1.807, 2.05) is 11.3 Å². The zero-order valence-electron chi connectivity index (χ0n) is 16.5. The lowest BCUT2D eigenvalue weighted by atomic mass is 10.1. The fourth-order valence-corrected chi connectivity index (χ4v) is 5.63. The molecule has 3 aromatic rings. The standard InChI is InChI=1S/C22H25N3OS2/c1-4-24(5-2)14-15-26-23-19-17-12-9-13-25(17)20-18(16-10-7-6-8-11-16)22(27-3)28-21(19)20/h6-13H,4-5,14-15H2,1-3H3. The Hall–Kier alpha value is -2.02. The van der Waals surface area contributed by atoms with E-state index in [9.17, 15) is 0 Å². The molecule has 1 aliphatic heterocycles. The van der Waals surface area contributed by atoms with Gasteiger partial charge in [0, 0.05) is 18.3 Å². The molecule has 0 atom stereocenters. The van der Waals surface area contributed by atoms with Crippen molar-refractivity contribution in [3.05, 3.63) is 59.2 Å². The largest absolute Gasteiger partial charge is 0.394 e. The molecule has 1 aliphatic rings. The Morgan fingerprint density at radius 3 is 2.61 bits per heavy atom. The first kappa shape index (κ1) is 19.3. The molecule has 0 radical (unpaired) electrons. The van der Waals surface area contributed by atoms with Crippen molar-refractivity contribution in [2.24, 2.45) is 5.16 Å². The molecule has 0 spiro atoms. The summed E-state index contributed by atoms with van der Waals surface area (Å²) in [5.41, 5.74) is 5.81. The third-order valence-corrected chi connectivity index (χ3v) is 7.40. The molecule has 0 saturated carbocycles. The van der Waals surface area contributed by atoms with Gasteiger partial charge in [0.2, 0.25) is 0 Å². The van der Waals surface area contributed by atoms with Crippen molar-refractivity contribution in [3.8, 4) is 16.8 Å². The number of rotatable bonds is 8. The van der Waals surface area contributed by atoms with Crippen molar-refractivity contribution in [3.63, 3.8) is 0 Å². The van der Waals surface area contributed by atoms with Gasteiger partial charge in [-0.15, -0.1) is 23.1 Å². The van der Waals surface area contributed by atoms with Gasteiger partial charge in [0.15, 0.2) is 0 Å². The van der Waals surface area contributed by atoms with Crippen LogP contribution in [0.15, 0.2) is 58.0 Å². The summed E-state index contributed by atoms with van der Waals surface area (Å²) in [6.07, 6.45) is 4.26. The van der Waals surface area contributed by atoms with Crippen molar-refractivity contribution in [1.82, 2.24) is 9.47 Å². The fourth-order valence-electron chi connectivity index (χ4n) is 3.59. The summed E-state index contributed by atoms with van der Waals surface area (Å²) in [6.45, 7) is 7.91. The summed E-state index contributed by atoms with van der Waals surface area (Å²) in [6, 6.07) is 14.8. The van der Waals surface area contributed by atoms with E-state index in [0.29, 0.717) is 6.61 Å². The molecule has 0 bridgehead atoms. The second-order valence-electron chi connectivity index (χ2n) is 6.58. The Labute approximate surface area is 174 Å². The maximum atomic E-state index is 5.76. The van der Waals surface area contributed by atoms with Crippen molar-refractivity contribution in [2.45, 2.75) is 18.1 Å². The average molecular weight is 412 g/mol. The number of hydrogen-bond acceptors (Lipinski definition) is 5. The monoisotopic (exact) mass is 411 g/mol. The molecule has 0 aliphatic carbocycles. The SMILES string of the molecule is CCN(CC)CCON=C1c2sc(SC)c(-c3ccccc3)c2-n2cccc21. The predicted octanol–water partition coefficient (Wildman–Crippen LogP) is 5.35. The Morgan fingerprint density at radius 1 is 1.11 bits per heavy atom. The fraction of sp³-hybridized carbons (Fsp3) is 0.318. The lowest BCUT2D eigenvalue weighted by Crippen LogP contribution is -2.26. The van der Waals surface area contributed by atoms with Crippen molar-refractivity contribution >= 4 is 28.8 Å². The highest BCUT2D eigenvalue weighted by atomic mass is 32.2. The third kappa shape index (κ3) is 3.41. The van der Waals surface area contributed by atoms with Crippen LogP contribution in [0.3, 0.4) is 0 Å². The van der Waals surface area contributed by atoms with Crippen LogP contribution in [0.25, 0.3) is 16.8 Å². The highest BCUT2D eigenvalue weighted by Gasteiger charge is 2.32. The molecule has 28 heavy (non-hydrogen) atoms. The number of hydrogen-bond donors (Lipinski definition) is 0. The molecule has 6 heteroatoms. The molecule has 1 aromatic carbocycles. The van der Waals surface area contributed by atoms with Gasteiger partial charge >= 0.3 is 0 Å². The van der Waals surface area contributed by atoms with Crippen LogP contribution in [-0.4, -0.2) is 47.7 Å². The van der Waals surface area contributed by atoms with Crippen molar-refractivity contribution in [2.75, 3.05) is 32.5 Å². The van der Waals surface area contributed by atoms with Crippen LogP contribution >= 0.6 is 23.1 Å². The van der Waals surface area contributed by atoms with Crippen LogP contribution in [0.1, 0.15) is 24.4 Å². The summed E-state index contributed by atoms with van der Waals surface area (Å²) in [7, 11) is 0. The summed E-state index contributed by atoms with van der Waals surface area (Å²) >= 11 is 3.60. The summed E-state index contributed by atoms with van der Waals surface area (Å²) in [4.78, 5) is 9.29. The van der Waals surface area contributed by atoms with E-state index in [2.05, 4.69) is 83.4 Å². The molecule has 4 rings (SSSR count). The van der Waals surface area contributed by atoms with Gasteiger partial charge in [0.25, 0.3) is 0 Å². The second-order valence-corrected chi connectivity index (χ2v) is 8.67. The van der Waals surface area contributed by atoms with Crippen molar-refractivity contribution in [1.29, 1.82) is 0 Å². The smallest absolute Gasteiger partial charge is 0.146 e. The minimum atomic E-state index is 0.605. The van der Waals surface area contributed by atoms with Crippen LogP contribution in [0, 0.1) is 0 Å². The zero-order chi connectivity index (χ0) is 19.5. The molecular weight excluding hydrogens is 386 g/mol. The van der Waals surface area contributed by atoms with Gasteiger partial charge in [-0.05, 0) is 37.0 Å². The lowest BCUT2D eigenvalue weighted by Gasteiger charge is -2.16. The number of oxime groups is 1. The topological polar surface area (TPSA) is 29.8 Å². The Kier molecular flexibility index (Phi) is 5.90. The van der Waals surface area contributed by atoms with Gasteiger partial charge in [-0.3, -0.25) is 0 Å². The number of nitrogens with zero attached hydrogens (tertiary/aromatic N) is 3. The molecule has 0 unspecified atom stereocenters. The average Bonchev–Trinajstić information content (AvgIpc) is 3.41. The first-order valence-electron chi connectivity index (χ1n) is 9.65. The normalized spacial score (nSPS) is 13.9. The Bertz CT molecular complexity index is 971. The summed E-state index contributed by atoms with van der Waals surface area (Å²) in [5, 5.41) is 4.57. The highest BCUT2D eigenvalue weighted by Crippen LogP contribution is 2.48. The minimum Gasteiger partial charge on any atom is -0.394 e. The van der Waals surface area contributed by atoms with E-state index >= 15 is 0 Å². The number of likely N-dealkylation sites (N-methyl/N-ethyl adjacent to an activating group) is 1. The molecule has 3 heterocycles. The van der Waals surface area contributed by atoms with E-state index in [-0.39, 0.29) is 0 Å². The van der Waals surface area contributed by atoms with Gasteiger partial charge < -0.3 is 14.3 Å². The molecule has 0 N–H and O–H groups in total. The number of thioether (sulfide) groups is 1. The van der Waals surface area contributed by atoms with Crippen LogP contribution < -0.4 is 0 Å². The first-order valence-corrected chi connectivity index (χ1v) is 11.7. The highest BCUT2D eigenvalue weighted by molar-refractivity contribution is 8.00. The van der Waals surface area contributed by atoms with E-state index in [1.165, 1.54) is 25.9 Å². The Morgan fingerprint density at radius 2 is 1.89 bits per heavy atom. The molecule has 0 fully saturated rings. The predicted molar refractivity (Wildman–Crippen MR) is 120 cm³/mol. The van der Waals surface area contributed by atoms with E-state index in [1.54, 1.807) is 11.8 Å². The van der Waals surface area contributed by atoms with Crippen LogP contribution in [0.5, 0.6) is 0 Å². The molecule has 2 aromatic heterocycles. The van der Waals surface area contributed by atoms with Gasteiger partial charge in [0.05, 0.1) is 20.5 Å². The van der Waals surface area contributed by atoms with E-state index in [4.69, 9.17) is 4.84 Å². The van der Waals surface area contributed by atoms with Gasteiger partial charge in [-0.25, -0.2) is 0 Å². The van der Waals surface area contributed by atoms with Crippen LogP contribution in [0.2, 0.25) is 0 Å². The van der Waals surface area contributed by atoms with Gasteiger partial charge in [-0.2, -0.15) is 0 Å². The van der Waals surface area contributed by atoms with Gasteiger partial charge in [-0.1, -0.05) is 49.3 Å². The molecule has 146 valence electrons. The molecule has 4 nitrogen and oxygen atoms in total. The van der Waals surface area contributed by atoms with Crippen molar-refractivity contribution < 1.29 is 4.84 Å². The molecular formula is C22H25N3OS2. The minimum absolute atomic E-state index is 0.605. The van der Waals surface area contributed by atoms with Crippen LogP contribution in [0.4, 0.5) is 0 Å². The number of fused-ring (bicyclic) bond motifs is 3.